The van der Waals surface area contributed by atoms with Crippen LogP contribution in [0.5, 0.6) is 0 Å². The van der Waals surface area contributed by atoms with E-state index in [0.29, 0.717) is 41.5 Å². The average Bonchev–Trinajstić information content (AvgIpc) is 3.78. The minimum Gasteiger partial charge on any atom is -0.306 e. The van der Waals surface area contributed by atoms with Crippen LogP contribution in [-0.2, 0) is 6.54 Å². The van der Waals surface area contributed by atoms with Crippen molar-refractivity contribution >= 4 is 62.2 Å². The second-order valence-electron chi connectivity index (χ2n) is 11.3. The van der Waals surface area contributed by atoms with Gasteiger partial charge in [0.15, 0.2) is 23.3 Å². The monoisotopic (exact) mass is 578 g/mol. The van der Waals surface area contributed by atoms with Gasteiger partial charge in [0.05, 0.1) is 0 Å². The van der Waals surface area contributed by atoms with E-state index in [0.717, 1.165) is 60.5 Å². The summed E-state index contributed by atoms with van der Waals surface area (Å²) in [7, 11) is 0. The normalized spacial score (nSPS) is 16.6. The van der Waals surface area contributed by atoms with Gasteiger partial charge in [-0.25, -0.2) is 30.0 Å². The van der Waals surface area contributed by atoms with Gasteiger partial charge in [0.1, 0.15) is 22.6 Å². The highest BCUT2D eigenvalue weighted by Gasteiger charge is 2.28. The van der Waals surface area contributed by atoms with E-state index in [2.05, 4.69) is 65.8 Å². The molecular formula is C37H22N8. The molecule has 0 unspecified atom stereocenters. The molecule has 2 aromatic heterocycles. The van der Waals surface area contributed by atoms with Crippen molar-refractivity contribution in [3.8, 4) is 0 Å². The minimum absolute atomic E-state index is 0.502. The Hall–Kier alpha value is -6.28. The Morgan fingerprint density at radius 2 is 0.867 bits per heavy atom. The molecule has 0 N–H and O–H groups in total. The van der Waals surface area contributed by atoms with E-state index in [9.17, 15) is 0 Å². The molecule has 0 aliphatic carbocycles. The smallest absolute Gasteiger partial charge is 0.164 e. The van der Waals surface area contributed by atoms with Crippen LogP contribution in [0.15, 0.2) is 146 Å². The zero-order valence-corrected chi connectivity index (χ0v) is 23.9. The maximum atomic E-state index is 5.27. The summed E-state index contributed by atoms with van der Waals surface area (Å²) in [5, 5.41) is 3.85. The highest BCUT2D eigenvalue weighted by Crippen LogP contribution is 2.42. The Labute approximate surface area is 256 Å². The first-order valence-electron chi connectivity index (χ1n) is 14.8. The van der Waals surface area contributed by atoms with Crippen molar-refractivity contribution in [2.75, 3.05) is 0 Å². The van der Waals surface area contributed by atoms with E-state index in [1.807, 2.05) is 59.2 Å². The van der Waals surface area contributed by atoms with Crippen LogP contribution in [0.25, 0.3) is 27.2 Å². The van der Waals surface area contributed by atoms with Crippen molar-refractivity contribution in [2.24, 2.45) is 30.0 Å². The average molecular weight is 579 g/mol. The quantitative estimate of drug-likeness (QED) is 0.204. The molecule has 4 aromatic carbocycles. The van der Waals surface area contributed by atoms with Crippen LogP contribution in [0.1, 0.15) is 22.3 Å². The van der Waals surface area contributed by atoms with Crippen molar-refractivity contribution in [3.63, 3.8) is 0 Å². The molecule has 8 heteroatoms. The summed E-state index contributed by atoms with van der Waals surface area (Å²) in [6, 6.07) is 32.7. The number of amidine groups is 4. The van der Waals surface area contributed by atoms with E-state index in [-0.39, 0.29) is 0 Å². The standard InChI is InChI=1S/C37H22N8/c1-21-11-10-20-44-34-26-16-6-7-17-27(26)35(44)41-31-23-13-3-5-15-25(23)33(39-31)43-37-29-19-9-8-18-28(29)36(45(21)37)42-32-24-14-4-2-12-22(24)30(38-32)40-34/h2-19H,1,20H2/b11-10+,40-30?,40-34?,41-31?,41-35?,42-32?,42-36?,43-33?,43-37?. The van der Waals surface area contributed by atoms with Crippen LogP contribution in [0.4, 0.5) is 11.6 Å². The zero-order chi connectivity index (χ0) is 29.6. The lowest BCUT2D eigenvalue weighted by atomic mass is 10.1. The predicted molar refractivity (Wildman–Crippen MR) is 179 cm³/mol. The molecule has 0 saturated heterocycles. The third-order valence-corrected chi connectivity index (χ3v) is 8.73. The summed E-state index contributed by atoms with van der Waals surface area (Å²) in [5.74, 6) is 3.82. The van der Waals surface area contributed by atoms with E-state index >= 15 is 0 Å². The summed E-state index contributed by atoms with van der Waals surface area (Å²) in [6.45, 7) is 5.03. The van der Waals surface area contributed by atoms with Gasteiger partial charge in [0.2, 0.25) is 0 Å². The van der Waals surface area contributed by atoms with E-state index in [1.165, 1.54) is 0 Å². The third kappa shape index (κ3) is 3.36. The highest BCUT2D eigenvalue weighted by molar-refractivity contribution is 6.25. The lowest BCUT2D eigenvalue weighted by Crippen LogP contribution is -2.29. The number of aromatic nitrogens is 2. The summed E-state index contributed by atoms with van der Waals surface area (Å²) in [6.07, 6.45) is 4.11. The maximum Gasteiger partial charge on any atom is 0.164 e. The van der Waals surface area contributed by atoms with Gasteiger partial charge in [-0.2, -0.15) is 0 Å². The summed E-state index contributed by atoms with van der Waals surface area (Å²) < 4.78 is 4.16. The first-order valence-corrected chi connectivity index (χ1v) is 14.8. The maximum absolute atomic E-state index is 5.27. The predicted octanol–water partition coefficient (Wildman–Crippen LogP) is 6.27. The lowest BCUT2D eigenvalue weighted by Gasteiger charge is -2.10. The number of rotatable bonds is 0. The van der Waals surface area contributed by atoms with Crippen molar-refractivity contribution in [2.45, 2.75) is 6.54 Å². The van der Waals surface area contributed by atoms with Gasteiger partial charge in [-0.05, 0) is 6.08 Å². The number of benzene rings is 4. The van der Waals surface area contributed by atoms with E-state index < -0.39 is 0 Å². The molecule has 45 heavy (non-hydrogen) atoms. The molecule has 4 aliphatic heterocycles. The third-order valence-electron chi connectivity index (χ3n) is 8.73. The van der Waals surface area contributed by atoms with Crippen molar-refractivity contribution in [1.82, 2.24) is 9.13 Å². The van der Waals surface area contributed by atoms with Gasteiger partial charge in [-0.15, -0.1) is 0 Å². The molecule has 0 amide bonds. The number of aliphatic imine (C=N–C) groups is 4. The van der Waals surface area contributed by atoms with Gasteiger partial charge in [0.25, 0.3) is 0 Å². The Bertz CT molecular complexity index is 2470. The van der Waals surface area contributed by atoms with Crippen LogP contribution in [0.2, 0.25) is 0 Å². The topological polar surface area (TPSA) is 84.0 Å². The molecule has 4 aliphatic rings. The van der Waals surface area contributed by atoms with Crippen molar-refractivity contribution in [3.05, 3.63) is 149 Å². The van der Waals surface area contributed by atoms with Crippen LogP contribution in [0, 0.1) is 0 Å². The molecule has 6 aromatic rings. The molecule has 0 fully saturated rings. The Kier molecular flexibility index (Phi) is 4.77. The first kappa shape index (κ1) is 24.2. The molecule has 0 saturated carbocycles. The van der Waals surface area contributed by atoms with Gasteiger partial charge < -0.3 is 4.57 Å². The van der Waals surface area contributed by atoms with Gasteiger partial charge >= 0.3 is 0 Å². The van der Waals surface area contributed by atoms with Gasteiger partial charge in [0, 0.05) is 56.0 Å². The molecule has 6 bridgehead atoms. The molecular weight excluding hydrogens is 556 g/mol. The molecule has 0 radical (unpaired) electrons. The summed E-state index contributed by atoms with van der Waals surface area (Å²) in [5.41, 5.74) is 5.99. The van der Waals surface area contributed by atoms with Crippen LogP contribution in [0.3, 0.4) is 0 Å². The highest BCUT2D eigenvalue weighted by atomic mass is 15.2. The number of fused-ring (bicyclic) bond motifs is 16. The Morgan fingerprint density at radius 1 is 0.467 bits per heavy atom. The molecule has 0 spiro atoms. The minimum atomic E-state index is 0.502. The fourth-order valence-electron chi connectivity index (χ4n) is 6.68. The van der Waals surface area contributed by atoms with E-state index in [1.54, 1.807) is 0 Å². The molecule has 210 valence electrons. The molecule has 0 atom stereocenters. The Morgan fingerprint density at radius 3 is 1.33 bits per heavy atom. The fraction of sp³-hybridized carbons (Fsp3) is 0.0270. The Balaban J connectivity index is 1.46. The van der Waals surface area contributed by atoms with Crippen LogP contribution >= 0.6 is 0 Å². The second kappa shape index (κ2) is 8.87. The van der Waals surface area contributed by atoms with Gasteiger partial charge in [-0.1, -0.05) is 110 Å². The van der Waals surface area contributed by atoms with Gasteiger partial charge in [-0.3, -0.25) is 4.57 Å². The largest absolute Gasteiger partial charge is 0.306 e. The van der Waals surface area contributed by atoms with Crippen molar-refractivity contribution < 1.29 is 0 Å². The van der Waals surface area contributed by atoms with Crippen LogP contribution < -0.4 is 11.0 Å². The zero-order valence-electron chi connectivity index (χ0n) is 23.9. The summed E-state index contributed by atoms with van der Waals surface area (Å²) >= 11 is 0. The fourth-order valence-corrected chi connectivity index (χ4v) is 6.68. The van der Waals surface area contributed by atoms with Crippen LogP contribution in [-0.4, -0.2) is 32.5 Å². The summed E-state index contributed by atoms with van der Waals surface area (Å²) in [4.78, 5) is 31.2. The first-order chi connectivity index (χ1) is 22.2. The number of nitrogens with zero attached hydrogens (tertiary/aromatic N) is 8. The second-order valence-corrected chi connectivity index (χ2v) is 11.3. The van der Waals surface area contributed by atoms with Crippen molar-refractivity contribution in [1.29, 1.82) is 0 Å². The van der Waals surface area contributed by atoms with E-state index in [4.69, 9.17) is 30.0 Å². The number of hydrogen-bond acceptors (Lipinski definition) is 6. The lowest BCUT2D eigenvalue weighted by molar-refractivity contribution is 0.748. The number of allylic oxidation sites excluding steroid dienone is 3. The molecule has 10 rings (SSSR count). The SMILES string of the molecule is C=C1/C=C/Cn2c3c4ccccc4c2=NC2=NC(=Nc4c5ccccc5c(n41)N=C1N=C(N=3)c3ccccc31)c1ccccc12. The molecule has 6 heterocycles. The molecule has 8 nitrogen and oxygen atoms in total. The number of hydrogen-bond donors (Lipinski definition) is 0.